The summed E-state index contributed by atoms with van der Waals surface area (Å²) in [5.41, 5.74) is 1.08. The van der Waals surface area contributed by atoms with Crippen molar-refractivity contribution in [1.82, 2.24) is 19.4 Å². The lowest BCUT2D eigenvalue weighted by Crippen LogP contribution is -2.39. The minimum absolute atomic E-state index is 0.0541. The molecule has 1 aromatic heterocycles. The zero-order valence-corrected chi connectivity index (χ0v) is 14.2. The molecule has 0 aromatic carbocycles. The zero-order valence-electron chi connectivity index (χ0n) is 13.4. The number of aromatic nitrogens is 2. The molecule has 1 heterocycles. The third-order valence-corrected chi connectivity index (χ3v) is 4.95. The number of rotatable bonds is 8. The molecule has 1 atom stereocenters. The SMILES string of the molecule is Cc1nn(CCCO)c(C)c1S(=O)(=O)NC(C)CN(C)C. The first kappa shape index (κ1) is 18.1. The van der Waals surface area contributed by atoms with Gasteiger partial charge in [-0.25, -0.2) is 13.1 Å². The van der Waals surface area contributed by atoms with Gasteiger partial charge < -0.3 is 10.0 Å². The maximum Gasteiger partial charge on any atom is 0.244 e. The van der Waals surface area contributed by atoms with Gasteiger partial charge in [-0.3, -0.25) is 4.68 Å². The molecular weight excluding hydrogens is 292 g/mol. The summed E-state index contributed by atoms with van der Waals surface area (Å²) in [5, 5.41) is 13.1. The summed E-state index contributed by atoms with van der Waals surface area (Å²) >= 11 is 0. The molecule has 0 radical (unpaired) electrons. The highest BCUT2D eigenvalue weighted by Crippen LogP contribution is 2.19. The zero-order chi connectivity index (χ0) is 16.2. The van der Waals surface area contributed by atoms with Crippen molar-refractivity contribution >= 4 is 10.0 Å². The highest BCUT2D eigenvalue weighted by atomic mass is 32.2. The Morgan fingerprint density at radius 2 is 2.00 bits per heavy atom. The summed E-state index contributed by atoms with van der Waals surface area (Å²) in [7, 11) is 0.201. The molecule has 8 heteroatoms. The molecule has 1 rings (SSSR count). The molecule has 0 aliphatic carbocycles. The Morgan fingerprint density at radius 3 is 2.52 bits per heavy atom. The lowest BCUT2D eigenvalue weighted by Gasteiger charge is -2.18. The molecule has 0 saturated carbocycles. The van der Waals surface area contributed by atoms with Crippen molar-refractivity contribution in [3.8, 4) is 0 Å². The number of aliphatic hydroxyl groups is 1. The smallest absolute Gasteiger partial charge is 0.244 e. The van der Waals surface area contributed by atoms with Gasteiger partial charge >= 0.3 is 0 Å². The summed E-state index contributed by atoms with van der Waals surface area (Å²) < 4.78 is 29.4. The van der Waals surface area contributed by atoms with E-state index in [-0.39, 0.29) is 17.5 Å². The Kier molecular flexibility index (Phi) is 6.33. The van der Waals surface area contributed by atoms with E-state index in [1.807, 2.05) is 25.9 Å². The minimum Gasteiger partial charge on any atom is -0.396 e. The molecule has 1 unspecified atom stereocenters. The van der Waals surface area contributed by atoms with Crippen molar-refractivity contribution in [3.63, 3.8) is 0 Å². The van der Waals surface area contributed by atoms with Gasteiger partial charge in [0.2, 0.25) is 10.0 Å². The Labute approximate surface area is 127 Å². The summed E-state index contributed by atoms with van der Waals surface area (Å²) in [5.74, 6) is 0. The van der Waals surface area contributed by atoms with E-state index >= 15 is 0 Å². The first-order valence-electron chi connectivity index (χ1n) is 7.01. The van der Waals surface area contributed by atoms with Crippen molar-refractivity contribution in [1.29, 1.82) is 0 Å². The molecule has 7 nitrogen and oxygen atoms in total. The van der Waals surface area contributed by atoms with Gasteiger partial charge in [-0.1, -0.05) is 0 Å². The van der Waals surface area contributed by atoms with Crippen LogP contribution < -0.4 is 4.72 Å². The fraction of sp³-hybridized carbons (Fsp3) is 0.769. The summed E-state index contributed by atoms with van der Waals surface area (Å²) in [6, 6.07) is -0.190. The molecule has 0 aliphatic heterocycles. The molecule has 1 aromatic rings. The van der Waals surface area contributed by atoms with E-state index in [0.29, 0.717) is 30.9 Å². The Morgan fingerprint density at radius 1 is 1.38 bits per heavy atom. The van der Waals surface area contributed by atoms with Crippen LogP contribution in [0.25, 0.3) is 0 Å². The van der Waals surface area contributed by atoms with Crippen LogP contribution >= 0.6 is 0 Å². The van der Waals surface area contributed by atoms with Gasteiger partial charge in [-0.15, -0.1) is 0 Å². The van der Waals surface area contributed by atoms with Crippen LogP contribution in [0, 0.1) is 13.8 Å². The highest BCUT2D eigenvalue weighted by Gasteiger charge is 2.26. The van der Waals surface area contributed by atoms with E-state index in [1.165, 1.54) is 0 Å². The van der Waals surface area contributed by atoms with Crippen LogP contribution in [0.3, 0.4) is 0 Å². The number of likely N-dealkylation sites (N-methyl/N-ethyl adjacent to an activating group) is 1. The van der Waals surface area contributed by atoms with Gasteiger partial charge in [0, 0.05) is 25.7 Å². The van der Waals surface area contributed by atoms with Crippen LogP contribution in [0.15, 0.2) is 4.90 Å². The Hall–Kier alpha value is -0.960. The first-order chi connectivity index (χ1) is 9.69. The van der Waals surface area contributed by atoms with Crippen LogP contribution in [0.1, 0.15) is 24.7 Å². The second kappa shape index (κ2) is 7.35. The normalized spacial score (nSPS) is 13.9. The molecule has 2 N–H and O–H groups in total. The number of nitrogens with zero attached hydrogens (tertiary/aromatic N) is 3. The molecule has 0 saturated heterocycles. The molecule has 0 spiro atoms. The molecule has 0 fully saturated rings. The maximum absolute atomic E-state index is 12.5. The van der Waals surface area contributed by atoms with Crippen LogP contribution in [0.4, 0.5) is 0 Å². The second-order valence-electron chi connectivity index (χ2n) is 5.58. The first-order valence-corrected chi connectivity index (χ1v) is 8.49. The van der Waals surface area contributed by atoms with Gasteiger partial charge in [-0.2, -0.15) is 5.10 Å². The van der Waals surface area contributed by atoms with Gasteiger partial charge in [0.25, 0.3) is 0 Å². The van der Waals surface area contributed by atoms with Crippen molar-refractivity contribution in [2.75, 3.05) is 27.2 Å². The number of hydrogen-bond donors (Lipinski definition) is 2. The predicted molar refractivity (Wildman–Crippen MR) is 81.7 cm³/mol. The van der Waals surface area contributed by atoms with Crippen molar-refractivity contribution in [3.05, 3.63) is 11.4 Å². The lowest BCUT2D eigenvalue weighted by molar-refractivity contribution is 0.276. The molecule has 0 aliphatic rings. The predicted octanol–water partition coefficient (Wildman–Crippen LogP) is 0.111. The average Bonchev–Trinajstić information content (AvgIpc) is 2.60. The van der Waals surface area contributed by atoms with E-state index < -0.39 is 10.0 Å². The number of aliphatic hydroxyl groups excluding tert-OH is 1. The van der Waals surface area contributed by atoms with E-state index in [4.69, 9.17) is 5.11 Å². The Bertz CT molecular complexity index is 566. The maximum atomic E-state index is 12.5. The molecule has 122 valence electrons. The topological polar surface area (TPSA) is 87.5 Å². The monoisotopic (exact) mass is 318 g/mol. The highest BCUT2D eigenvalue weighted by molar-refractivity contribution is 7.89. The van der Waals surface area contributed by atoms with Crippen LogP contribution in [-0.2, 0) is 16.6 Å². The lowest BCUT2D eigenvalue weighted by atomic mass is 10.3. The molecular formula is C13H26N4O3S. The van der Waals surface area contributed by atoms with E-state index in [0.717, 1.165) is 0 Å². The summed E-state index contributed by atoms with van der Waals surface area (Å²) in [6.07, 6.45) is 0.548. The van der Waals surface area contributed by atoms with Gasteiger partial charge in [0.1, 0.15) is 4.90 Å². The number of hydrogen-bond acceptors (Lipinski definition) is 5. The molecule has 0 amide bonds. The quantitative estimate of drug-likeness (QED) is 0.710. The van der Waals surface area contributed by atoms with E-state index in [9.17, 15) is 8.42 Å². The molecule has 21 heavy (non-hydrogen) atoms. The second-order valence-corrected chi connectivity index (χ2v) is 7.24. The van der Waals surface area contributed by atoms with Crippen molar-refractivity contribution < 1.29 is 13.5 Å². The van der Waals surface area contributed by atoms with Crippen LogP contribution in [0.2, 0.25) is 0 Å². The largest absolute Gasteiger partial charge is 0.396 e. The Balaban J connectivity index is 3.00. The summed E-state index contributed by atoms with van der Waals surface area (Å²) in [4.78, 5) is 2.17. The van der Waals surface area contributed by atoms with Crippen molar-refractivity contribution in [2.24, 2.45) is 0 Å². The summed E-state index contributed by atoms with van der Waals surface area (Å²) in [6.45, 7) is 6.44. The fourth-order valence-corrected chi connectivity index (χ4v) is 4.06. The van der Waals surface area contributed by atoms with Crippen molar-refractivity contribution in [2.45, 2.75) is 44.7 Å². The van der Waals surface area contributed by atoms with Gasteiger partial charge in [-0.05, 0) is 41.3 Å². The van der Waals surface area contributed by atoms with Crippen LogP contribution in [-0.4, -0.2) is 61.5 Å². The van der Waals surface area contributed by atoms with Gasteiger partial charge in [0.15, 0.2) is 0 Å². The standard InChI is InChI=1S/C13H26N4O3S/c1-10(9-16(4)5)15-21(19,20)13-11(2)14-17(12(13)3)7-6-8-18/h10,15,18H,6-9H2,1-5H3. The number of aryl methyl sites for hydroxylation is 2. The average molecular weight is 318 g/mol. The van der Waals surface area contributed by atoms with E-state index in [2.05, 4.69) is 9.82 Å². The van der Waals surface area contributed by atoms with Gasteiger partial charge in [0.05, 0.1) is 11.4 Å². The number of sulfonamides is 1. The fourth-order valence-electron chi connectivity index (χ4n) is 2.42. The third-order valence-electron chi connectivity index (χ3n) is 3.11. The molecule has 0 bridgehead atoms. The number of nitrogens with one attached hydrogen (secondary N) is 1. The minimum atomic E-state index is -3.59. The van der Waals surface area contributed by atoms with Crippen LogP contribution in [0.5, 0.6) is 0 Å². The van der Waals surface area contributed by atoms with E-state index in [1.54, 1.807) is 18.5 Å². The third kappa shape index (κ3) is 4.77.